The van der Waals surface area contributed by atoms with Crippen LogP contribution in [0.5, 0.6) is 0 Å². The second-order valence-electron chi connectivity index (χ2n) is 15.7. The number of hydrogen-bond donors (Lipinski definition) is 5. The van der Waals surface area contributed by atoms with Gasteiger partial charge in [-0.2, -0.15) is 0 Å². The van der Waals surface area contributed by atoms with Gasteiger partial charge in [-0.3, -0.25) is 19.3 Å². The molecule has 59 heavy (non-hydrogen) atoms. The number of piperidine rings is 2. The van der Waals surface area contributed by atoms with E-state index in [-0.39, 0.29) is 0 Å². The van der Waals surface area contributed by atoms with Crippen molar-refractivity contribution in [1.82, 2.24) is 20.2 Å². The predicted molar refractivity (Wildman–Crippen MR) is 235 cm³/mol. The van der Waals surface area contributed by atoms with Gasteiger partial charge in [-0.1, -0.05) is 103 Å². The molecular formula is C50H48N4O5. The van der Waals surface area contributed by atoms with Gasteiger partial charge in [0, 0.05) is 55.7 Å². The Balaban J connectivity index is 0.000000136. The summed E-state index contributed by atoms with van der Waals surface area (Å²) in [4.78, 5) is 43.5. The minimum Gasteiger partial charge on any atom is -0.481 e. The number of hydrogen-bond acceptors (Lipinski definition) is 5. The highest BCUT2D eigenvalue weighted by Gasteiger charge is 2.43. The number of carbonyl (C=O) groups is 3. The minimum atomic E-state index is -0.765. The number of carbonyl (C=O) groups excluding carboxylic acids is 1. The van der Waals surface area contributed by atoms with Crippen molar-refractivity contribution in [1.29, 1.82) is 0 Å². The van der Waals surface area contributed by atoms with E-state index >= 15 is 0 Å². The molecule has 2 aromatic heterocycles. The summed E-state index contributed by atoms with van der Waals surface area (Å²) in [5.74, 6) is -1.40. The number of fused-ring (bicyclic) bond motifs is 6. The minimum absolute atomic E-state index is 0.641. The smallest absolute Gasteiger partial charge is 0.314 e. The number of carboxylic acids is 2. The highest BCUT2D eigenvalue weighted by atomic mass is 16.4. The van der Waals surface area contributed by atoms with Crippen molar-refractivity contribution >= 4 is 61.8 Å². The number of H-pyrrole nitrogens is 2. The maximum absolute atomic E-state index is 12.2. The number of aliphatic carboxylic acids is 2. The topological polar surface area (TPSA) is 139 Å². The van der Waals surface area contributed by atoms with Crippen LogP contribution in [-0.2, 0) is 27.0 Å². The Kier molecular flexibility index (Phi) is 11.4. The largest absolute Gasteiger partial charge is 0.481 e. The lowest BCUT2D eigenvalue weighted by Gasteiger charge is -2.39. The number of aromatic nitrogens is 2. The van der Waals surface area contributed by atoms with Gasteiger partial charge in [0.2, 0.25) is 0 Å². The fraction of sp³-hybridized carbons (Fsp3) is 0.220. The lowest BCUT2D eigenvalue weighted by Crippen LogP contribution is -2.47. The van der Waals surface area contributed by atoms with Gasteiger partial charge in [0.15, 0.2) is 0 Å². The maximum Gasteiger partial charge on any atom is 0.314 e. The average Bonchev–Trinajstić information content (AvgIpc) is 3.85. The van der Waals surface area contributed by atoms with Crippen LogP contribution in [0.25, 0.3) is 43.6 Å². The van der Waals surface area contributed by atoms with Gasteiger partial charge in [0.25, 0.3) is 0 Å². The van der Waals surface area contributed by atoms with Crippen molar-refractivity contribution in [2.75, 3.05) is 26.2 Å². The molecule has 0 amide bonds. The van der Waals surface area contributed by atoms with E-state index in [1.165, 1.54) is 16.3 Å². The standard InChI is InChI=1S/C25H24N2O2.C13H9NO.C12H15NO2/c28-24(29)25(19-6-2-1-3-7-19)12-14-27(15-13-25)17-18-10-11-23-21(16-18)20-8-4-5-9-22(20)26-23;15-8-9-5-6-13-11(7-9)10-3-1-2-4-12(10)14-13;14-11(15)12(6-8-13-9-7-12)10-4-2-1-3-5-10/h1-11,16,26H,12-15,17H2,(H,28,29);1-8,14H;1-5,13H,6-9H2,(H,14,15). The summed E-state index contributed by atoms with van der Waals surface area (Å²) in [5.41, 5.74) is 6.89. The Hall–Kier alpha value is -6.55. The summed E-state index contributed by atoms with van der Waals surface area (Å²) in [6, 6.07) is 48.0. The third kappa shape index (κ3) is 7.99. The van der Waals surface area contributed by atoms with Crippen molar-refractivity contribution in [2.45, 2.75) is 43.1 Å². The second-order valence-corrected chi connectivity index (χ2v) is 15.7. The Bertz CT molecular complexity index is 2720. The summed E-state index contributed by atoms with van der Waals surface area (Å²) in [7, 11) is 0. The van der Waals surface area contributed by atoms with E-state index in [0.29, 0.717) is 31.2 Å². The summed E-state index contributed by atoms with van der Waals surface area (Å²) in [5, 5.41) is 27.4. The van der Waals surface area contributed by atoms with Gasteiger partial charge in [-0.05, 0) is 111 Å². The zero-order chi connectivity index (χ0) is 40.8. The van der Waals surface area contributed by atoms with E-state index in [0.717, 1.165) is 83.0 Å². The van der Waals surface area contributed by atoms with Gasteiger partial charge in [-0.25, -0.2) is 0 Å². The van der Waals surface area contributed by atoms with Crippen LogP contribution in [0.15, 0.2) is 146 Å². The number of nitrogens with one attached hydrogen (secondary N) is 3. The molecule has 0 bridgehead atoms. The lowest BCUT2D eigenvalue weighted by molar-refractivity contribution is -0.146. The number of carboxylic acid groups (broad SMARTS) is 2. The van der Waals surface area contributed by atoms with Crippen LogP contribution in [0.4, 0.5) is 0 Å². The fourth-order valence-electron chi connectivity index (χ4n) is 8.90. The highest BCUT2D eigenvalue weighted by molar-refractivity contribution is 6.09. The quantitative estimate of drug-likeness (QED) is 0.102. The van der Waals surface area contributed by atoms with Crippen LogP contribution in [0.1, 0.15) is 52.7 Å². The third-order valence-electron chi connectivity index (χ3n) is 12.3. The molecular weight excluding hydrogens is 737 g/mol. The molecule has 0 aliphatic carbocycles. The second kappa shape index (κ2) is 17.1. The van der Waals surface area contributed by atoms with Crippen LogP contribution in [0.3, 0.4) is 0 Å². The van der Waals surface area contributed by atoms with Gasteiger partial charge in [-0.15, -0.1) is 0 Å². The molecule has 4 heterocycles. The van der Waals surface area contributed by atoms with E-state index in [1.54, 1.807) is 0 Å². The SMILES string of the molecule is O=C(O)C1(c2ccccc2)CCN(Cc2ccc3[nH]c4ccccc4c3c2)CC1.O=C(O)C1(c2ccccc2)CCNCC1.O=Cc1ccc2[nH]c3ccccc3c2c1. The summed E-state index contributed by atoms with van der Waals surface area (Å²) < 4.78 is 0. The number of benzene rings is 6. The van der Waals surface area contributed by atoms with E-state index in [4.69, 9.17) is 0 Å². The molecule has 2 saturated heterocycles. The van der Waals surface area contributed by atoms with Crippen molar-refractivity contribution in [3.63, 3.8) is 0 Å². The van der Waals surface area contributed by atoms with E-state index in [1.807, 2.05) is 103 Å². The molecule has 0 atom stereocenters. The first-order valence-corrected chi connectivity index (χ1v) is 20.3. The van der Waals surface area contributed by atoms with Crippen LogP contribution in [0, 0.1) is 0 Å². The first-order valence-electron chi connectivity index (χ1n) is 20.3. The summed E-state index contributed by atoms with van der Waals surface area (Å²) in [6.07, 6.45) is 3.50. The third-order valence-corrected chi connectivity index (χ3v) is 12.3. The molecule has 8 aromatic rings. The lowest BCUT2D eigenvalue weighted by atomic mass is 9.73. The molecule has 0 radical (unpaired) electrons. The van der Waals surface area contributed by atoms with E-state index in [2.05, 4.69) is 62.6 Å². The average molecular weight is 785 g/mol. The molecule has 10 rings (SSSR count). The number of para-hydroxylation sites is 2. The molecule has 9 heteroatoms. The maximum atomic E-state index is 12.2. The first kappa shape index (κ1) is 39.3. The Morgan fingerprint density at radius 3 is 1.53 bits per heavy atom. The number of aromatic amines is 2. The number of likely N-dealkylation sites (tertiary alicyclic amines) is 1. The van der Waals surface area contributed by atoms with Crippen molar-refractivity contribution in [3.8, 4) is 0 Å². The Labute approximate surface area is 342 Å². The van der Waals surface area contributed by atoms with E-state index in [9.17, 15) is 24.6 Å². The number of rotatable bonds is 7. The monoisotopic (exact) mass is 784 g/mol. The van der Waals surface area contributed by atoms with Crippen LogP contribution >= 0.6 is 0 Å². The summed E-state index contributed by atoms with van der Waals surface area (Å²) in [6.45, 7) is 3.97. The molecule has 2 aliphatic heterocycles. The molecule has 0 spiro atoms. The molecule has 9 nitrogen and oxygen atoms in total. The zero-order valence-electron chi connectivity index (χ0n) is 32.9. The van der Waals surface area contributed by atoms with Crippen LogP contribution < -0.4 is 5.32 Å². The van der Waals surface area contributed by atoms with Gasteiger partial charge < -0.3 is 25.5 Å². The number of aldehydes is 1. The molecule has 2 aliphatic rings. The molecule has 6 aromatic carbocycles. The summed E-state index contributed by atoms with van der Waals surface area (Å²) >= 11 is 0. The number of nitrogens with zero attached hydrogens (tertiary/aromatic N) is 1. The van der Waals surface area contributed by atoms with E-state index < -0.39 is 22.8 Å². The van der Waals surface area contributed by atoms with Gasteiger partial charge in [0.05, 0.1) is 10.8 Å². The Morgan fingerprint density at radius 1 is 0.542 bits per heavy atom. The Morgan fingerprint density at radius 2 is 1.00 bits per heavy atom. The molecule has 5 N–H and O–H groups in total. The molecule has 0 unspecified atom stereocenters. The normalized spacial score (nSPS) is 16.1. The van der Waals surface area contributed by atoms with Crippen molar-refractivity contribution in [3.05, 3.63) is 168 Å². The molecule has 2 fully saturated rings. The van der Waals surface area contributed by atoms with Gasteiger partial charge in [0.1, 0.15) is 6.29 Å². The van der Waals surface area contributed by atoms with Crippen molar-refractivity contribution in [2.24, 2.45) is 0 Å². The molecule has 298 valence electrons. The first-order chi connectivity index (χ1) is 28.8. The van der Waals surface area contributed by atoms with Gasteiger partial charge >= 0.3 is 11.9 Å². The fourth-order valence-corrected chi connectivity index (χ4v) is 8.90. The zero-order valence-corrected chi connectivity index (χ0v) is 32.9. The predicted octanol–water partition coefficient (Wildman–Crippen LogP) is 9.47. The van der Waals surface area contributed by atoms with Crippen LogP contribution in [-0.4, -0.2) is 69.5 Å². The molecule has 0 saturated carbocycles. The van der Waals surface area contributed by atoms with Crippen molar-refractivity contribution < 1.29 is 24.6 Å². The van der Waals surface area contributed by atoms with Crippen LogP contribution in [0.2, 0.25) is 0 Å². The highest BCUT2D eigenvalue weighted by Crippen LogP contribution is 2.37.